The van der Waals surface area contributed by atoms with E-state index in [1.165, 1.54) is 0 Å². The van der Waals surface area contributed by atoms with Crippen molar-refractivity contribution < 1.29 is 14.7 Å². The van der Waals surface area contributed by atoms with Gasteiger partial charge in [0.1, 0.15) is 0 Å². The Kier molecular flexibility index (Phi) is 2.89. The molecule has 1 aromatic heterocycles. The predicted molar refractivity (Wildman–Crippen MR) is 73.4 cm³/mol. The Hall–Kier alpha value is -2.43. The lowest BCUT2D eigenvalue weighted by Crippen LogP contribution is -2.34. The van der Waals surface area contributed by atoms with Gasteiger partial charge in [0, 0.05) is 23.7 Å². The zero-order valence-electron chi connectivity index (χ0n) is 10.8. The molecule has 0 unspecified atom stereocenters. The molecule has 2 aromatic rings. The van der Waals surface area contributed by atoms with Gasteiger partial charge in [-0.3, -0.25) is 14.6 Å². The molecule has 1 aromatic carbocycles. The van der Waals surface area contributed by atoms with Crippen molar-refractivity contribution in [1.82, 2.24) is 10.3 Å². The Morgan fingerprint density at radius 1 is 1.25 bits per heavy atom. The second kappa shape index (κ2) is 4.59. The van der Waals surface area contributed by atoms with Crippen molar-refractivity contribution in [2.75, 3.05) is 6.54 Å². The van der Waals surface area contributed by atoms with Gasteiger partial charge in [0.2, 0.25) is 0 Å². The number of carboxylic acid groups (broad SMARTS) is 1. The molecule has 20 heavy (non-hydrogen) atoms. The van der Waals surface area contributed by atoms with E-state index in [2.05, 4.69) is 10.3 Å². The number of carbonyl (C=O) groups is 2. The molecule has 3 rings (SSSR count). The minimum atomic E-state index is -0.836. The summed E-state index contributed by atoms with van der Waals surface area (Å²) < 4.78 is 0. The lowest BCUT2D eigenvalue weighted by molar-refractivity contribution is -0.143. The Balaban J connectivity index is 1.81. The monoisotopic (exact) mass is 270 g/mol. The molecule has 0 spiro atoms. The van der Waals surface area contributed by atoms with Crippen molar-refractivity contribution >= 4 is 22.8 Å². The molecule has 1 aliphatic rings. The van der Waals surface area contributed by atoms with Gasteiger partial charge < -0.3 is 10.4 Å². The number of hydrogen-bond acceptors (Lipinski definition) is 3. The summed E-state index contributed by atoms with van der Waals surface area (Å²) in [7, 11) is 0. The molecular formula is C15H14N2O3. The van der Waals surface area contributed by atoms with Crippen molar-refractivity contribution in [3.63, 3.8) is 0 Å². The Morgan fingerprint density at radius 3 is 2.75 bits per heavy atom. The third-order valence-electron chi connectivity index (χ3n) is 3.78. The highest BCUT2D eigenvalue weighted by Crippen LogP contribution is 2.45. The summed E-state index contributed by atoms with van der Waals surface area (Å²) in [6.45, 7) is 0.178. The molecule has 1 amide bonds. The molecule has 0 bridgehead atoms. The van der Waals surface area contributed by atoms with Crippen LogP contribution in [0.2, 0.25) is 0 Å². The van der Waals surface area contributed by atoms with E-state index in [9.17, 15) is 9.59 Å². The molecule has 2 N–H and O–H groups in total. The maximum atomic E-state index is 12.2. The molecule has 0 radical (unpaired) electrons. The van der Waals surface area contributed by atoms with Crippen LogP contribution in [0, 0.1) is 5.41 Å². The molecule has 0 aliphatic heterocycles. The predicted octanol–water partition coefficient (Wildman–Crippen LogP) is 1.83. The Labute approximate surface area is 115 Å². The maximum Gasteiger partial charge on any atom is 0.311 e. The van der Waals surface area contributed by atoms with Crippen molar-refractivity contribution in [3.8, 4) is 0 Å². The van der Waals surface area contributed by atoms with E-state index in [-0.39, 0.29) is 12.5 Å². The van der Waals surface area contributed by atoms with Gasteiger partial charge in [0.15, 0.2) is 0 Å². The van der Waals surface area contributed by atoms with Crippen LogP contribution in [0.5, 0.6) is 0 Å². The molecule has 0 saturated heterocycles. The number of pyridine rings is 1. The molecule has 1 saturated carbocycles. The van der Waals surface area contributed by atoms with E-state index < -0.39 is 11.4 Å². The normalized spacial score (nSPS) is 15.8. The van der Waals surface area contributed by atoms with Crippen molar-refractivity contribution in [1.29, 1.82) is 0 Å². The molecule has 1 aliphatic carbocycles. The standard InChI is InChI=1S/C15H14N2O3/c18-13(17-9-15(6-7-15)14(19)20)11-3-1-5-12-10(11)4-2-8-16-12/h1-5,8H,6-7,9H2,(H,17,18)(H,19,20). The summed E-state index contributed by atoms with van der Waals surface area (Å²) in [6.07, 6.45) is 2.92. The zero-order valence-corrected chi connectivity index (χ0v) is 10.8. The van der Waals surface area contributed by atoms with Crippen molar-refractivity contribution in [2.24, 2.45) is 5.41 Å². The fraction of sp³-hybridized carbons (Fsp3) is 0.267. The molecule has 102 valence electrons. The third-order valence-corrected chi connectivity index (χ3v) is 3.78. The van der Waals surface area contributed by atoms with Gasteiger partial charge in [-0.05, 0) is 31.0 Å². The summed E-state index contributed by atoms with van der Waals surface area (Å²) in [6, 6.07) is 8.94. The second-order valence-electron chi connectivity index (χ2n) is 5.14. The summed E-state index contributed by atoms with van der Waals surface area (Å²) in [5.74, 6) is -1.09. The molecule has 1 fully saturated rings. The lowest BCUT2D eigenvalue weighted by atomic mass is 10.1. The maximum absolute atomic E-state index is 12.2. The summed E-state index contributed by atoms with van der Waals surface area (Å²) in [5.41, 5.74) is 0.523. The van der Waals surface area contributed by atoms with Gasteiger partial charge >= 0.3 is 5.97 Å². The van der Waals surface area contributed by atoms with Crippen LogP contribution in [0.3, 0.4) is 0 Å². The van der Waals surface area contributed by atoms with Gasteiger partial charge in [0.05, 0.1) is 10.9 Å². The molecular weight excluding hydrogens is 256 g/mol. The number of rotatable bonds is 4. The van der Waals surface area contributed by atoms with Crippen LogP contribution >= 0.6 is 0 Å². The average molecular weight is 270 g/mol. The van der Waals surface area contributed by atoms with Crippen LogP contribution in [-0.4, -0.2) is 28.5 Å². The minimum Gasteiger partial charge on any atom is -0.481 e. The minimum absolute atomic E-state index is 0.178. The molecule has 0 atom stereocenters. The van der Waals surface area contributed by atoms with Crippen LogP contribution in [0.15, 0.2) is 36.5 Å². The number of aromatic nitrogens is 1. The number of aliphatic carboxylic acids is 1. The smallest absolute Gasteiger partial charge is 0.311 e. The average Bonchev–Trinajstić information content (AvgIpc) is 3.25. The van der Waals surface area contributed by atoms with Crippen LogP contribution in [0.4, 0.5) is 0 Å². The van der Waals surface area contributed by atoms with Gasteiger partial charge in [0.25, 0.3) is 5.91 Å². The lowest BCUT2D eigenvalue weighted by Gasteiger charge is -2.12. The highest BCUT2D eigenvalue weighted by Gasteiger charge is 2.50. The first-order chi connectivity index (χ1) is 9.62. The quantitative estimate of drug-likeness (QED) is 0.888. The number of amides is 1. The molecule has 1 heterocycles. The summed E-state index contributed by atoms with van der Waals surface area (Å²) >= 11 is 0. The van der Waals surface area contributed by atoms with Gasteiger partial charge in [-0.2, -0.15) is 0 Å². The first-order valence-corrected chi connectivity index (χ1v) is 6.48. The number of nitrogens with one attached hydrogen (secondary N) is 1. The van der Waals surface area contributed by atoms with Gasteiger partial charge in [-0.15, -0.1) is 0 Å². The first kappa shape index (κ1) is 12.6. The Bertz CT molecular complexity index is 687. The summed E-state index contributed by atoms with van der Waals surface area (Å²) in [5, 5.41) is 12.6. The fourth-order valence-corrected chi connectivity index (χ4v) is 2.26. The number of fused-ring (bicyclic) bond motifs is 1. The van der Waals surface area contributed by atoms with Gasteiger partial charge in [-0.1, -0.05) is 12.1 Å². The van der Waals surface area contributed by atoms with Crippen LogP contribution in [0.25, 0.3) is 10.9 Å². The topological polar surface area (TPSA) is 79.3 Å². The number of nitrogens with zero attached hydrogens (tertiary/aromatic N) is 1. The zero-order chi connectivity index (χ0) is 14.2. The van der Waals surface area contributed by atoms with E-state index in [4.69, 9.17) is 5.11 Å². The largest absolute Gasteiger partial charge is 0.481 e. The number of benzene rings is 1. The van der Waals surface area contributed by atoms with Crippen LogP contribution in [-0.2, 0) is 4.79 Å². The van der Waals surface area contributed by atoms with Crippen LogP contribution in [0.1, 0.15) is 23.2 Å². The number of hydrogen-bond donors (Lipinski definition) is 2. The highest BCUT2D eigenvalue weighted by molar-refractivity contribution is 6.06. The van der Waals surface area contributed by atoms with Crippen molar-refractivity contribution in [3.05, 3.63) is 42.1 Å². The van der Waals surface area contributed by atoms with Crippen molar-refractivity contribution in [2.45, 2.75) is 12.8 Å². The van der Waals surface area contributed by atoms with E-state index in [1.807, 2.05) is 12.1 Å². The molecule has 5 nitrogen and oxygen atoms in total. The van der Waals surface area contributed by atoms with Crippen LogP contribution < -0.4 is 5.32 Å². The Morgan fingerprint density at radius 2 is 2.05 bits per heavy atom. The SMILES string of the molecule is O=C(NCC1(C(=O)O)CC1)c1cccc2ncccc12. The highest BCUT2D eigenvalue weighted by atomic mass is 16.4. The second-order valence-corrected chi connectivity index (χ2v) is 5.14. The summed E-state index contributed by atoms with van der Waals surface area (Å²) in [4.78, 5) is 27.5. The number of carboxylic acids is 1. The van der Waals surface area contributed by atoms with E-state index in [1.54, 1.807) is 24.4 Å². The van der Waals surface area contributed by atoms with E-state index in [0.717, 1.165) is 10.9 Å². The van der Waals surface area contributed by atoms with Gasteiger partial charge in [-0.25, -0.2) is 0 Å². The fourth-order valence-electron chi connectivity index (χ4n) is 2.26. The number of carbonyl (C=O) groups excluding carboxylic acids is 1. The van der Waals surface area contributed by atoms with E-state index in [0.29, 0.717) is 18.4 Å². The third kappa shape index (κ3) is 2.11. The first-order valence-electron chi connectivity index (χ1n) is 6.48. The molecule has 5 heteroatoms. The van der Waals surface area contributed by atoms with E-state index >= 15 is 0 Å².